The van der Waals surface area contributed by atoms with Crippen molar-refractivity contribution in [3.05, 3.63) is 180 Å². The van der Waals surface area contributed by atoms with Gasteiger partial charge in [-0.05, 0) is 162 Å². The number of ketones is 6. The van der Waals surface area contributed by atoms with E-state index in [-0.39, 0.29) is 88.6 Å². The van der Waals surface area contributed by atoms with Crippen LogP contribution in [0, 0.1) is 47.3 Å². The number of thioether (sulfide) groups is 1. The number of primary amides is 1. The van der Waals surface area contributed by atoms with Gasteiger partial charge in [-0.3, -0.25) is 71.9 Å². The molecule has 0 aliphatic heterocycles. The second kappa shape index (κ2) is 54.7. The van der Waals surface area contributed by atoms with Crippen LogP contribution in [0.3, 0.4) is 0 Å². The molecule has 8 amide bonds. The molecule has 0 saturated heterocycles. The number of carbonyl (C=O) groups excluding carboxylic acids is 14. The molecule has 0 aliphatic carbocycles. The molecule has 30 heteroatoms. The van der Waals surface area contributed by atoms with Gasteiger partial charge in [-0.15, -0.1) is 0 Å². The van der Waals surface area contributed by atoms with Crippen molar-refractivity contribution >= 4 is 111 Å². The van der Waals surface area contributed by atoms with Gasteiger partial charge >= 0.3 is 5.97 Å². The number of aliphatic hydroxyl groups is 2. The first kappa shape index (κ1) is 103. The molecule has 678 valence electrons. The molecule has 0 bridgehead atoms. The summed E-state index contributed by atoms with van der Waals surface area (Å²) in [5.74, 6) is -17.9. The summed E-state index contributed by atoms with van der Waals surface area (Å²) in [7, 11) is 0. The van der Waals surface area contributed by atoms with Gasteiger partial charge in [0.15, 0.2) is 34.7 Å². The number of fused-ring (bicyclic) bond motifs is 1. The molecular weight excluding hydrogens is 1620 g/mol. The fraction of sp³-hybridized carbons (Fsp3) is 0.505. The fourth-order valence-electron chi connectivity index (χ4n) is 15.1. The first-order chi connectivity index (χ1) is 59.8. The van der Waals surface area contributed by atoms with Gasteiger partial charge in [-0.25, -0.2) is 0 Å². The van der Waals surface area contributed by atoms with E-state index in [2.05, 4.69) is 42.2 Å². The van der Waals surface area contributed by atoms with Crippen LogP contribution in [0.2, 0.25) is 0 Å². The number of rotatable bonds is 62. The summed E-state index contributed by atoms with van der Waals surface area (Å²) >= 11 is 1.59. The third-order valence-corrected chi connectivity index (χ3v) is 23.5. The number of aromatic nitrogens is 1. The van der Waals surface area contributed by atoms with E-state index in [1.807, 2.05) is 44.4 Å². The Hall–Kier alpha value is -10.9. The number of aliphatic carboxylic acids is 1. The Morgan fingerprint density at radius 2 is 0.864 bits per heavy atom. The SMILES string of the molecule is CCC(C)C[C@H](NC(=O)[C@@H](CC(=O)[C@H](CCCCN)NC(=O)[C@H](CCCCN)CC(=O)[C@H](CCC(=O)O)NC(=O)[C@H](CO)CC(=O)[C@H](Cc1ccccc1)NC(=O)[C@@H](CC(=O)[C@H](C)NC(=O)[C@@H](C)CCSC)Cc1ccccc1)Cc1ccccc1)C(=O)C[C@@H](Cc1c[nH]c2ccccc12)C(=O)NCC(=O)C[C@@H](Cc1ccccc1)C(=O)N[C@H](C(N)=O)[C@@H](C)O. The summed E-state index contributed by atoms with van der Waals surface area (Å²) in [5, 5.41) is 51.2. The molecule has 15 atom stereocenters. The third-order valence-electron chi connectivity index (χ3n) is 22.9. The molecule has 5 aromatic carbocycles. The number of unbranched alkanes of at least 4 members (excludes halogenated alkanes) is 2. The summed E-state index contributed by atoms with van der Waals surface area (Å²) < 4.78 is 0. The van der Waals surface area contributed by atoms with Gasteiger partial charge in [0.1, 0.15) is 6.04 Å². The van der Waals surface area contributed by atoms with Crippen LogP contribution < -0.4 is 54.4 Å². The Labute approximate surface area is 736 Å². The molecule has 0 radical (unpaired) electrons. The second-order valence-corrected chi connectivity index (χ2v) is 34.0. The van der Waals surface area contributed by atoms with Gasteiger partial charge in [-0.2, -0.15) is 11.8 Å². The highest BCUT2D eigenvalue weighted by molar-refractivity contribution is 7.98. The number of H-pyrrole nitrogens is 1. The van der Waals surface area contributed by atoms with E-state index in [4.69, 9.17) is 17.2 Å². The number of nitrogens with one attached hydrogen (secondary N) is 8. The number of carboxylic acids is 1. The van der Waals surface area contributed by atoms with Gasteiger partial charge in [0.05, 0.1) is 55.4 Å². The van der Waals surface area contributed by atoms with Crippen LogP contribution in [0.1, 0.15) is 172 Å². The van der Waals surface area contributed by atoms with Crippen LogP contribution in [-0.4, -0.2) is 189 Å². The number of benzene rings is 5. The normalized spacial score (nSPS) is 15.0. The zero-order chi connectivity index (χ0) is 91.5. The number of carbonyl (C=O) groups is 15. The monoisotopic (exact) mass is 1740 g/mol. The number of carboxylic acid groups (broad SMARTS) is 1. The van der Waals surface area contributed by atoms with E-state index in [0.29, 0.717) is 66.3 Å². The highest BCUT2D eigenvalue weighted by Gasteiger charge is 2.39. The first-order valence-corrected chi connectivity index (χ1v) is 44.9. The topological polar surface area (TPSA) is 495 Å². The van der Waals surface area contributed by atoms with Crippen molar-refractivity contribution < 1.29 is 87.2 Å². The number of aromatic amines is 1. The Morgan fingerprint density at radius 1 is 0.440 bits per heavy atom. The first-order valence-electron chi connectivity index (χ1n) is 43.5. The average molecular weight is 1750 g/mol. The predicted octanol–water partition coefficient (Wildman–Crippen LogP) is 6.99. The molecule has 17 N–H and O–H groups in total. The van der Waals surface area contributed by atoms with Gasteiger partial charge in [-0.1, -0.05) is 173 Å². The van der Waals surface area contributed by atoms with Gasteiger partial charge in [0.25, 0.3) is 0 Å². The lowest BCUT2D eigenvalue weighted by molar-refractivity contribution is -0.139. The summed E-state index contributed by atoms with van der Waals surface area (Å²) in [5.41, 5.74) is 21.5. The van der Waals surface area contributed by atoms with Gasteiger partial charge in [0, 0.05) is 97.6 Å². The van der Waals surface area contributed by atoms with E-state index < -0.39 is 218 Å². The zero-order valence-electron chi connectivity index (χ0n) is 72.8. The van der Waals surface area contributed by atoms with Crippen molar-refractivity contribution in [3.8, 4) is 0 Å². The zero-order valence-corrected chi connectivity index (χ0v) is 73.6. The average Bonchev–Trinajstić information content (AvgIpc) is 1.73. The molecule has 6 aromatic rings. The molecule has 6 rings (SSSR count). The molecule has 0 saturated carbocycles. The van der Waals surface area contributed by atoms with Crippen LogP contribution in [0.4, 0.5) is 0 Å². The summed E-state index contributed by atoms with van der Waals surface area (Å²) in [6, 6.07) is 34.6. The minimum Gasteiger partial charge on any atom is -0.481 e. The van der Waals surface area contributed by atoms with Crippen LogP contribution >= 0.6 is 11.8 Å². The van der Waals surface area contributed by atoms with Crippen molar-refractivity contribution in [3.63, 3.8) is 0 Å². The van der Waals surface area contributed by atoms with Crippen molar-refractivity contribution in [1.29, 1.82) is 0 Å². The number of aliphatic hydroxyl groups excluding tert-OH is 2. The van der Waals surface area contributed by atoms with E-state index >= 15 is 19.2 Å². The van der Waals surface area contributed by atoms with Crippen LogP contribution in [-0.2, 0) is 104 Å². The van der Waals surface area contributed by atoms with E-state index in [1.165, 1.54) is 6.92 Å². The maximum Gasteiger partial charge on any atom is 0.303 e. The van der Waals surface area contributed by atoms with Crippen molar-refractivity contribution in [2.45, 2.75) is 218 Å². The molecule has 0 aliphatic rings. The van der Waals surface area contributed by atoms with E-state index in [1.54, 1.807) is 153 Å². The van der Waals surface area contributed by atoms with Crippen LogP contribution in [0.5, 0.6) is 0 Å². The summed E-state index contributed by atoms with van der Waals surface area (Å²) in [6.45, 7) is 7.28. The molecule has 29 nitrogen and oxygen atoms in total. The lowest BCUT2D eigenvalue weighted by Crippen LogP contribution is -2.52. The lowest BCUT2D eigenvalue weighted by atomic mass is 9.86. The number of amides is 8. The van der Waals surface area contributed by atoms with E-state index in [9.17, 15) is 68.1 Å². The van der Waals surface area contributed by atoms with Crippen LogP contribution in [0.15, 0.2) is 152 Å². The fourth-order valence-corrected chi connectivity index (χ4v) is 15.7. The largest absolute Gasteiger partial charge is 0.481 e. The second-order valence-electron chi connectivity index (χ2n) is 33.0. The summed E-state index contributed by atoms with van der Waals surface area (Å²) in [4.78, 5) is 217. The van der Waals surface area contributed by atoms with Crippen molar-refractivity contribution in [2.75, 3.05) is 38.2 Å². The molecule has 1 heterocycles. The number of nitrogens with two attached hydrogens (primary N) is 3. The highest BCUT2D eigenvalue weighted by atomic mass is 32.2. The minimum absolute atomic E-state index is 0.0101. The molecule has 1 unspecified atom stereocenters. The predicted molar refractivity (Wildman–Crippen MR) is 478 cm³/mol. The Balaban J connectivity index is 1.23. The molecule has 0 fully saturated rings. The minimum atomic E-state index is -1.61. The van der Waals surface area contributed by atoms with Crippen LogP contribution in [0.25, 0.3) is 10.9 Å². The molecule has 1 aromatic heterocycles. The Bertz CT molecular complexity index is 4500. The number of hydrogen-bond acceptors (Lipinski definition) is 20. The Kier molecular flexibility index (Phi) is 45.1. The van der Waals surface area contributed by atoms with Crippen molar-refractivity contribution in [2.24, 2.45) is 64.5 Å². The Morgan fingerprint density at radius 3 is 1.37 bits per heavy atom. The number of hydrogen-bond donors (Lipinski definition) is 14. The molecule has 125 heavy (non-hydrogen) atoms. The molecule has 0 spiro atoms. The smallest absolute Gasteiger partial charge is 0.303 e. The lowest BCUT2D eigenvalue weighted by Gasteiger charge is -2.27. The van der Waals surface area contributed by atoms with E-state index in [0.717, 1.165) is 16.7 Å². The van der Waals surface area contributed by atoms with Gasteiger partial charge < -0.3 is 74.7 Å². The third kappa shape index (κ3) is 35.9. The maximum absolute atomic E-state index is 15.3. The standard InChI is InChI=1S/C95H129N11O18S/c1-7-59(2)44-79(84(113)54-71(49-72-56-99-76-36-21-20-35-75(72)76)90(119)100-57-74(109)50-68(45-63-26-12-8-13-27-63)94(123)106-87(62(5)108)88(98)117)104-93(122)70(47-65-30-16-10-17-31-65)53-83(112)77(37-23-25-42-97)102-91(120)67(34-22-24-41-96)51-82(111)78(38-39-86(115)116)103-95(124)73(58-107)55-85(114)80(48-66-32-18-11-19-33-66)105-92(121)69(46-64-28-14-9-15-29-64)52-81(110)61(4)101-89(118)60(3)40-43-125-6/h8-21,26-33,35-36,56,59-62,67-71,73,77-80,87,99,107-108H,7,22-25,34,37-55,57-58,96-97H2,1-6H3,(H2,98,117)(H,100,119)(H,101,118)(H,102,120)(H,103,124)(H,104,122)(H,105,121)(H,106,123)(H,115,116)/t59?,60-,61-,62+,67+,68+,69+,70+,71+,73-,77-,78-,79-,80-,87-/m0/s1. The van der Waals surface area contributed by atoms with Crippen molar-refractivity contribution in [1.82, 2.24) is 42.2 Å². The maximum atomic E-state index is 15.3. The number of para-hydroxylation sites is 1. The summed E-state index contributed by atoms with van der Waals surface area (Å²) in [6.07, 6.45) is 0.878. The highest BCUT2D eigenvalue weighted by Crippen LogP contribution is 2.28. The number of Topliss-reactive ketones (excluding diaryl/α,β-unsaturated/α-hetero) is 6. The molecular formula is C95H129N11O18S. The quantitative estimate of drug-likeness (QED) is 0.0171. The van der Waals surface area contributed by atoms with Gasteiger partial charge in [0.2, 0.25) is 47.3 Å².